The summed E-state index contributed by atoms with van der Waals surface area (Å²) in [5.74, 6) is -1.65. The first-order valence-corrected chi connectivity index (χ1v) is 3.23. The van der Waals surface area contributed by atoms with Crippen molar-refractivity contribution in [3.05, 3.63) is 0 Å². The molecule has 0 bridgehead atoms. The van der Waals surface area contributed by atoms with Crippen LogP contribution in [-0.4, -0.2) is 12.0 Å². The lowest BCUT2D eigenvalue weighted by Crippen LogP contribution is -2.27. The molecule has 0 aliphatic rings. The number of halogens is 3. The SMILES string of the molecule is CC(C)(C)CC(=O)C(F)(F)F. The second-order valence-corrected chi connectivity index (χ2v) is 3.66. The predicted molar refractivity (Wildman–Crippen MR) is 35.1 cm³/mol. The van der Waals surface area contributed by atoms with E-state index in [0.29, 0.717) is 0 Å². The van der Waals surface area contributed by atoms with Crippen LogP contribution >= 0.6 is 0 Å². The van der Waals surface area contributed by atoms with E-state index in [9.17, 15) is 18.0 Å². The maximum Gasteiger partial charge on any atom is 0.449 e. The zero-order valence-corrected chi connectivity index (χ0v) is 6.75. The van der Waals surface area contributed by atoms with E-state index in [1.807, 2.05) is 0 Å². The Morgan fingerprint density at radius 1 is 1.18 bits per heavy atom. The lowest BCUT2D eigenvalue weighted by atomic mass is 9.90. The fraction of sp³-hybridized carbons (Fsp3) is 0.857. The van der Waals surface area contributed by atoms with Gasteiger partial charge in [0, 0.05) is 6.42 Å². The number of carbonyl (C=O) groups excluding carboxylic acids is 1. The Hall–Kier alpha value is -0.540. The van der Waals surface area contributed by atoms with Crippen molar-refractivity contribution >= 4 is 5.78 Å². The Bertz CT molecular complexity index is 152. The summed E-state index contributed by atoms with van der Waals surface area (Å²) in [5.41, 5.74) is -0.591. The predicted octanol–water partition coefficient (Wildman–Crippen LogP) is 2.55. The number of ketones is 1. The minimum Gasteiger partial charge on any atom is -0.290 e. The number of hydrogen-bond donors (Lipinski definition) is 0. The molecule has 0 aromatic rings. The molecule has 0 N–H and O–H groups in total. The van der Waals surface area contributed by atoms with Gasteiger partial charge in [-0.1, -0.05) is 20.8 Å². The van der Waals surface area contributed by atoms with Crippen molar-refractivity contribution in [2.45, 2.75) is 33.4 Å². The molecule has 0 atom stereocenters. The summed E-state index contributed by atoms with van der Waals surface area (Å²) in [5, 5.41) is 0. The van der Waals surface area contributed by atoms with Crippen molar-refractivity contribution < 1.29 is 18.0 Å². The fourth-order valence-corrected chi connectivity index (χ4v) is 0.582. The van der Waals surface area contributed by atoms with E-state index < -0.39 is 23.8 Å². The molecule has 0 aliphatic carbocycles. The van der Waals surface area contributed by atoms with Gasteiger partial charge in [0.25, 0.3) is 0 Å². The van der Waals surface area contributed by atoms with Crippen LogP contribution in [0, 0.1) is 5.41 Å². The van der Waals surface area contributed by atoms with Gasteiger partial charge in [0.05, 0.1) is 0 Å². The molecule has 0 fully saturated rings. The Morgan fingerprint density at radius 2 is 1.55 bits per heavy atom. The summed E-state index contributed by atoms with van der Waals surface area (Å²) in [4.78, 5) is 10.4. The summed E-state index contributed by atoms with van der Waals surface area (Å²) < 4.78 is 34.9. The largest absolute Gasteiger partial charge is 0.449 e. The van der Waals surface area contributed by atoms with E-state index in [0.717, 1.165) is 0 Å². The number of Topliss-reactive ketones (excluding diaryl/α,β-unsaturated/α-hetero) is 1. The van der Waals surface area contributed by atoms with E-state index in [2.05, 4.69) is 0 Å². The van der Waals surface area contributed by atoms with E-state index in [-0.39, 0.29) is 0 Å². The molecular weight excluding hydrogens is 157 g/mol. The van der Waals surface area contributed by atoms with Crippen molar-refractivity contribution in [1.82, 2.24) is 0 Å². The number of alkyl halides is 3. The molecule has 1 nitrogen and oxygen atoms in total. The van der Waals surface area contributed by atoms with Gasteiger partial charge in [0.1, 0.15) is 0 Å². The first-order chi connectivity index (χ1) is 4.63. The third-order valence-electron chi connectivity index (χ3n) is 1.01. The highest BCUT2D eigenvalue weighted by Gasteiger charge is 2.39. The molecule has 0 unspecified atom stereocenters. The zero-order chi connectivity index (χ0) is 9.28. The van der Waals surface area contributed by atoms with Crippen LogP contribution < -0.4 is 0 Å². The van der Waals surface area contributed by atoms with Gasteiger partial charge in [0.15, 0.2) is 0 Å². The molecule has 0 radical (unpaired) electrons. The van der Waals surface area contributed by atoms with Crippen LogP contribution in [0.25, 0.3) is 0 Å². The Balaban J connectivity index is 4.11. The molecule has 66 valence electrons. The first kappa shape index (κ1) is 10.5. The van der Waals surface area contributed by atoms with Gasteiger partial charge in [-0.3, -0.25) is 4.79 Å². The third kappa shape index (κ3) is 4.81. The highest BCUT2D eigenvalue weighted by molar-refractivity contribution is 5.84. The van der Waals surface area contributed by atoms with E-state index in [4.69, 9.17) is 0 Å². The normalized spacial score (nSPS) is 13.3. The van der Waals surface area contributed by atoms with Gasteiger partial charge in [-0.2, -0.15) is 13.2 Å². The number of rotatable bonds is 1. The van der Waals surface area contributed by atoms with Crippen LogP contribution in [0.1, 0.15) is 27.2 Å². The molecule has 0 heterocycles. The summed E-state index contributed by atoms with van der Waals surface area (Å²) >= 11 is 0. The first-order valence-electron chi connectivity index (χ1n) is 3.23. The molecular formula is C7H11F3O. The maximum absolute atomic E-state index is 11.6. The lowest BCUT2D eigenvalue weighted by molar-refractivity contribution is -0.172. The smallest absolute Gasteiger partial charge is 0.290 e. The molecule has 0 saturated carbocycles. The average Bonchev–Trinajstić information content (AvgIpc) is 1.56. The van der Waals surface area contributed by atoms with Crippen LogP contribution in [-0.2, 0) is 4.79 Å². The van der Waals surface area contributed by atoms with E-state index in [1.54, 1.807) is 20.8 Å². The Morgan fingerprint density at radius 3 is 1.64 bits per heavy atom. The van der Waals surface area contributed by atoms with Gasteiger partial charge < -0.3 is 0 Å². The average molecular weight is 168 g/mol. The highest BCUT2D eigenvalue weighted by atomic mass is 19.4. The molecule has 0 aromatic heterocycles. The topological polar surface area (TPSA) is 17.1 Å². The highest BCUT2D eigenvalue weighted by Crippen LogP contribution is 2.26. The van der Waals surface area contributed by atoms with Gasteiger partial charge in [-0.15, -0.1) is 0 Å². The number of hydrogen-bond acceptors (Lipinski definition) is 1. The Labute approximate surface area is 63.6 Å². The molecule has 0 amide bonds. The van der Waals surface area contributed by atoms with Gasteiger partial charge >= 0.3 is 6.18 Å². The molecule has 4 heteroatoms. The van der Waals surface area contributed by atoms with Crippen molar-refractivity contribution in [2.75, 3.05) is 0 Å². The van der Waals surface area contributed by atoms with E-state index in [1.165, 1.54) is 0 Å². The quantitative estimate of drug-likeness (QED) is 0.588. The van der Waals surface area contributed by atoms with Crippen LogP contribution in [0.15, 0.2) is 0 Å². The third-order valence-corrected chi connectivity index (χ3v) is 1.01. The molecule has 11 heavy (non-hydrogen) atoms. The van der Waals surface area contributed by atoms with Gasteiger partial charge in [0.2, 0.25) is 5.78 Å². The van der Waals surface area contributed by atoms with Crippen molar-refractivity contribution in [3.8, 4) is 0 Å². The fourth-order valence-electron chi connectivity index (χ4n) is 0.582. The van der Waals surface area contributed by atoms with Crippen molar-refractivity contribution in [3.63, 3.8) is 0 Å². The summed E-state index contributed by atoms with van der Waals surface area (Å²) in [6, 6.07) is 0. The molecule has 0 rings (SSSR count). The summed E-state index contributed by atoms with van der Waals surface area (Å²) in [7, 11) is 0. The second kappa shape index (κ2) is 2.83. The lowest BCUT2D eigenvalue weighted by Gasteiger charge is -2.17. The second-order valence-electron chi connectivity index (χ2n) is 3.66. The summed E-state index contributed by atoms with van der Waals surface area (Å²) in [6.07, 6.45) is -5.12. The van der Waals surface area contributed by atoms with Crippen LogP contribution in [0.4, 0.5) is 13.2 Å². The van der Waals surface area contributed by atoms with Crippen LogP contribution in [0.3, 0.4) is 0 Å². The van der Waals surface area contributed by atoms with Crippen LogP contribution in [0.5, 0.6) is 0 Å². The number of carbonyl (C=O) groups is 1. The van der Waals surface area contributed by atoms with E-state index >= 15 is 0 Å². The monoisotopic (exact) mass is 168 g/mol. The van der Waals surface area contributed by atoms with Gasteiger partial charge in [-0.05, 0) is 5.41 Å². The minimum absolute atomic E-state index is 0.448. The maximum atomic E-state index is 11.6. The molecule has 0 saturated heterocycles. The molecule has 0 aromatic carbocycles. The summed E-state index contributed by atoms with van der Waals surface area (Å²) in [6.45, 7) is 4.78. The Kier molecular flexibility index (Phi) is 2.69. The van der Waals surface area contributed by atoms with Crippen molar-refractivity contribution in [1.29, 1.82) is 0 Å². The zero-order valence-electron chi connectivity index (χ0n) is 6.75. The van der Waals surface area contributed by atoms with Crippen molar-refractivity contribution in [2.24, 2.45) is 5.41 Å². The van der Waals surface area contributed by atoms with Gasteiger partial charge in [-0.25, -0.2) is 0 Å². The molecule has 0 spiro atoms. The minimum atomic E-state index is -4.67. The van der Waals surface area contributed by atoms with Crippen LogP contribution in [0.2, 0.25) is 0 Å². The standard InChI is InChI=1S/C7H11F3O/c1-6(2,3)4-5(11)7(8,9)10/h4H2,1-3H3. The molecule has 0 aliphatic heterocycles.